The first-order valence-corrected chi connectivity index (χ1v) is 6.63. The zero-order chi connectivity index (χ0) is 14.9. The van der Waals surface area contributed by atoms with Gasteiger partial charge in [-0.05, 0) is 12.1 Å². The van der Waals surface area contributed by atoms with Crippen molar-refractivity contribution in [1.29, 1.82) is 0 Å². The second-order valence-electron chi connectivity index (χ2n) is 4.25. The van der Waals surface area contributed by atoms with Crippen molar-refractivity contribution in [2.45, 2.75) is 6.54 Å². The number of ether oxygens (including phenoxy) is 3. The fourth-order valence-corrected chi connectivity index (χ4v) is 1.66. The molecule has 6 nitrogen and oxygen atoms in total. The maximum absolute atomic E-state index is 5.40. The van der Waals surface area contributed by atoms with E-state index in [0.717, 1.165) is 11.4 Å². The van der Waals surface area contributed by atoms with E-state index >= 15 is 0 Å². The molecule has 6 heteroatoms. The van der Waals surface area contributed by atoms with Crippen LogP contribution in [-0.4, -0.2) is 37.4 Å². The Morgan fingerprint density at radius 2 is 1.95 bits per heavy atom. The smallest absolute Gasteiger partial charge is 0.213 e. The third-order valence-corrected chi connectivity index (χ3v) is 2.74. The maximum atomic E-state index is 5.40. The summed E-state index contributed by atoms with van der Waals surface area (Å²) in [6.07, 6.45) is 1.72. The molecule has 0 aromatic carbocycles. The molecule has 0 saturated heterocycles. The third kappa shape index (κ3) is 4.92. The minimum absolute atomic E-state index is 0.490. The zero-order valence-electron chi connectivity index (χ0n) is 12.2. The highest BCUT2D eigenvalue weighted by atomic mass is 16.5. The van der Waals surface area contributed by atoms with Crippen LogP contribution in [0.4, 0.5) is 5.69 Å². The van der Waals surface area contributed by atoms with Gasteiger partial charge in [0, 0.05) is 19.2 Å². The lowest BCUT2D eigenvalue weighted by molar-refractivity contribution is 0.144. The minimum Gasteiger partial charge on any atom is -0.481 e. The lowest BCUT2D eigenvalue weighted by Crippen LogP contribution is -2.06. The molecular weight excluding hydrogens is 270 g/mol. The molecule has 21 heavy (non-hydrogen) atoms. The molecule has 0 unspecified atom stereocenters. The number of aromatic nitrogens is 2. The lowest BCUT2D eigenvalue weighted by Gasteiger charge is -2.08. The standard InChI is InChI=1S/C15H19N3O3/c1-19-8-9-21-14-7-6-12(10-17-14)16-11-13-4-3-5-15(18-13)20-2/h3-7,10,16H,8-9,11H2,1-2H3. The molecular formula is C15H19N3O3. The molecule has 0 amide bonds. The zero-order valence-corrected chi connectivity index (χ0v) is 12.2. The summed E-state index contributed by atoms with van der Waals surface area (Å²) in [5.74, 6) is 1.19. The predicted molar refractivity (Wildman–Crippen MR) is 79.7 cm³/mol. The van der Waals surface area contributed by atoms with Crippen LogP contribution >= 0.6 is 0 Å². The number of anilines is 1. The van der Waals surface area contributed by atoms with Crippen LogP contribution in [0.15, 0.2) is 36.5 Å². The predicted octanol–water partition coefficient (Wildman–Crippen LogP) is 2.12. The van der Waals surface area contributed by atoms with E-state index < -0.39 is 0 Å². The van der Waals surface area contributed by atoms with Gasteiger partial charge in [0.1, 0.15) is 6.61 Å². The second-order valence-corrected chi connectivity index (χ2v) is 4.25. The highest BCUT2D eigenvalue weighted by Gasteiger charge is 2.00. The molecule has 0 fully saturated rings. The summed E-state index contributed by atoms with van der Waals surface area (Å²) in [6, 6.07) is 9.39. The van der Waals surface area contributed by atoms with Gasteiger partial charge >= 0.3 is 0 Å². The van der Waals surface area contributed by atoms with Gasteiger partial charge in [-0.15, -0.1) is 0 Å². The number of nitrogens with zero attached hydrogens (tertiary/aromatic N) is 2. The minimum atomic E-state index is 0.490. The number of methoxy groups -OCH3 is 2. The normalized spacial score (nSPS) is 10.2. The van der Waals surface area contributed by atoms with E-state index in [4.69, 9.17) is 14.2 Å². The summed E-state index contributed by atoms with van der Waals surface area (Å²) >= 11 is 0. The van der Waals surface area contributed by atoms with Crippen molar-refractivity contribution >= 4 is 5.69 Å². The van der Waals surface area contributed by atoms with Crippen LogP contribution in [0.3, 0.4) is 0 Å². The first kappa shape index (κ1) is 15.1. The van der Waals surface area contributed by atoms with Crippen LogP contribution in [-0.2, 0) is 11.3 Å². The molecule has 112 valence electrons. The number of rotatable bonds is 8. The highest BCUT2D eigenvalue weighted by Crippen LogP contribution is 2.13. The second kappa shape index (κ2) is 8.06. The van der Waals surface area contributed by atoms with Crippen molar-refractivity contribution in [3.63, 3.8) is 0 Å². The van der Waals surface area contributed by atoms with Gasteiger partial charge in [0.25, 0.3) is 0 Å². The van der Waals surface area contributed by atoms with E-state index in [1.54, 1.807) is 20.4 Å². The quantitative estimate of drug-likeness (QED) is 0.751. The van der Waals surface area contributed by atoms with Crippen LogP contribution < -0.4 is 14.8 Å². The molecule has 1 N–H and O–H groups in total. The van der Waals surface area contributed by atoms with E-state index in [2.05, 4.69) is 15.3 Å². The molecule has 2 aromatic rings. The Kier molecular flexibility index (Phi) is 5.78. The van der Waals surface area contributed by atoms with Crippen molar-refractivity contribution in [2.24, 2.45) is 0 Å². The molecule has 0 aliphatic rings. The van der Waals surface area contributed by atoms with Gasteiger partial charge in [0.15, 0.2) is 0 Å². The van der Waals surface area contributed by atoms with E-state index in [0.29, 0.717) is 31.5 Å². The largest absolute Gasteiger partial charge is 0.481 e. The summed E-state index contributed by atoms with van der Waals surface area (Å²) in [6.45, 7) is 1.63. The molecule has 0 bridgehead atoms. The fourth-order valence-electron chi connectivity index (χ4n) is 1.66. The number of hydrogen-bond donors (Lipinski definition) is 1. The molecule has 0 saturated carbocycles. The molecule has 0 radical (unpaired) electrons. The summed E-state index contributed by atoms with van der Waals surface area (Å²) in [5.41, 5.74) is 1.80. The Morgan fingerprint density at radius 1 is 1.05 bits per heavy atom. The van der Waals surface area contributed by atoms with Crippen molar-refractivity contribution in [1.82, 2.24) is 9.97 Å². The Hall–Kier alpha value is -2.34. The van der Waals surface area contributed by atoms with Gasteiger partial charge in [-0.1, -0.05) is 6.07 Å². The van der Waals surface area contributed by atoms with Crippen molar-refractivity contribution < 1.29 is 14.2 Å². The van der Waals surface area contributed by atoms with Crippen LogP contribution in [0.1, 0.15) is 5.69 Å². The Labute approximate surface area is 124 Å². The first-order valence-electron chi connectivity index (χ1n) is 6.63. The molecule has 0 spiro atoms. The van der Waals surface area contributed by atoms with Gasteiger partial charge in [-0.3, -0.25) is 0 Å². The summed E-state index contributed by atoms with van der Waals surface area (Å²) in [5, 5.41) is 3.25. The van der Waals surface area contributed by atoms with Crippen molar-refractivity contribution in [3.8, 4) is 11.8 Å². The monoisotopic (exact) mass is 289 g/mol. The molecule has 2 heterocycles. The SMILES string of the molecule is COCCOc1ccc(NCc2cccc(OC)n2)cn1. The van der Waals surface area contributed by atoms with E-state index in [-0.39, 0.29) is 0 Å². The van der Waals surface area contributed by atoms with Crippen LogP contribution in [0.5, 0.6) is 11.8 Å². The summed E-state index contributed by atoms with van der Waals surface area (Å²) in [7, 11) is 3.24. The van der Waals surface area contributed by atoms with E-state index in [9.17, 15) is 0 Å². The van der Waals surface area contributed by atoms with Gasteiger partial charge < -0.3 is 19.5 Å². The average Bonchev–Trinajstić information content (AvgIpc) is 2.54. The highest BCUT2D eigenvalue weighted by molar-refractivity contribution is 5.42. The fraction of sp³-hybridized carbons (Fsp3) is 0.333. The first-order chi connectivity index (χ1) is 10.3. The Balaban J connectivity index is 1.85. The number of nitrogens with one attached hydrogen (secondary N) is 1. The molecule has 2 aromatic heterocycles. The molecule has 0 aliphatic carbocycles. The maximum Gasteiger partial charge on any atom is 0.213 e. The average molecular weight is 289 g/mol. The van der Waals surface area contributed by atoms with Crippen molar-refractivity contribution in [2.75, 3.05) is 32.8 Å². The van der Waals surface area contributed by atoms with E-state index in [1.165, 1.54) is 0 Å². The van der Waals surface area contributed by atoms with Gasteiger partial charge in [-0.25, -0.2) is 9.97 Å². The third-order valence-electron chi connectivity index (χ3n) is 2.74. The Bertz CT molecular complexity index is 546. The Morgan fingerprint density at radius 3 is 2.67 bits per heavy atom. The van der Waals surface area contributed by atoms with Crippen LogP contribution in [0, 0.1) is 0 Å². The van der Waals surface area contributed by atoms with Gasteiger partial charge in [-0.2, -0.15) is 0 Å². The number of pyridine rings is 2. The van der Waals surface area contributed by atoms with Crippen molar-refractivity contribution in [3.05, 3.63) is 42.2 Å². The van der Waals surface area contributed by atoms with Gasteiger partial charge in [0.05, 0.1) is 37.8 Å². The number of hydrogen-bond acceptors (Lipinski definition) is 6. The molecule has 2 rings (SSSR count). The van der Waals surface area contributed by atoms with Gasteiger partial charge in [0.2, 0.25) is 11.8 Å². The van der Waals surface area contributed by atoms with Crippen LogP contribution in [0.2, 0.25) is 0 Å². The van der Waals surface area contributed by atoms with E-state index in [1.807, 2.05) is 30.3 Å². The van der Waals surface area contributed by atoms with Crippen LogP contribution in [0.25, 0.3) is 0 Å². The lowest BCUT2D eigenvalue weighted by atomic mass is 10.3. The molecule has 0 atom stereocenters. The summed E-state index contributed by atoms with van der Waals surface area (Å²) in [4.78, 5) is 8.54. The topological polar surface area (TPSA) is 65.5 Å². The summed E-state index contributed by atoms with van der Waals surface area (Å²) < 4.78 is 15.4. The molecule has 0 aliphatic heterocycles.